The highest BCUT2D eigenvalue weighted by Crippen LogP contribution is 2.31. The van der Waals surface area contributed by atoms with E-state index in [1.807, 2.05) is 6.92 Å². The van der Waals surface area contributed by atoms with Gasteiger partial charge in [-0.3, -0.25) is 9.36 Å². The maximum absolute atomic E-state index is 12.3. The Hall–Kier alpha value is -2.34. The summed E-state index contributed by atoms with van der Waals surface area (Å²) in [6.45, 7) is 1.63. The fourth-order valence-electron chi connectivity index (χ4n) is 3.19. The summed E-state index contributed by atoms with van der Waals surface area (Å²) < 4.78 is 7.26. The molecule has 7 N–H and O–H groups in total. The quantitative estimate of drug-likeness (QED) is 0.390. The summed E-state index contributed by atoms with van der Waals surface area (Å²) in [6, 6.07) is -1.51. The molecule has 2 aromatic rings. The number of rotatable bonds is 7. The second-order valence-electron chi connectivity index (χ2n) is 6.60. The van der Waals surface area contributed by atoms with Gasteiger partial charge < -0.3 is 31.7 Å². The Kier molecular flexibility index (Phi) is 5.85. The molecule has 0 aliphatic carbocycles. The molecule has 0 spiro atoms. The maximum Gasteiger partial charge on any atom is 0.237 e. The summed E-state index contributed by atoms with van der Waals surface area (Å²) in [5, 5.41) is 23.1. The minimum absolute atomic E-state index is 0.205. The highest BCUT2D eigenvalue weighted by Gasteiger charge is 2.46. The van der Waals surface area contributed by atoms with E-state index in [0.29, 0.717) is 17.6 Å². The van der Waals surface area contributed by atoms with E-state index in [1.165, 1.54) is 17.2 Å². The zero-order valence-electron chi connectivity index (χ0n) is 15.0. The number of ether oxygens (including phenoxy) is 1. The lowest BCUT2D eigenvalue weighted by Crippen LogP contribution is -2.53. The number of amides is 1. The Labute approximate surface area is 155 Å². The number of hydrogen-bond acceptors (Lipinski definition) is 9. The fourth-order valence-corrected chi connectivity index (χ4v) is 3.19. The predicted molar refractivity (Wildman–Crippen MR) is 96.2 cm³/mol. The van der Waals surface area contributed by atoms with Crippen LogP contribution in [-0.4, -0.2) is 66.5 Å². The van der Waals surface area contributed by atoms with Crippen LogP contribution in [0.4, 0.5) is 5.82 Å². The first-order valence-electron chi connectivity index (χ1n) is 8.91. The number of carbonyl (C=O) groups excluding carboxylic acids is 1. The first-order valence-corrected chi connectivity index (χ1v) is 8.91. The highest BCUT2D eigenvalue weighted by atomic mass is 16.5. The standard InChI is InChI=1S/C16H25N7O4/c1-2-3-4-8(17)15(26)22-10-9(5-24)27-16(12(10)25)23-7-21-11-13(18)19-6-20-14(11)23/h6-10,12,16,24-25H,2-5,17H2,1H3,(H,22,26)(H2,18,19,20)/t8?,9-,10?,12+,16-/m1/s1. The van der Waals surface area contributed by atoms with Crippen LogP contribution in [0.5, 0.6) is 0 Å². The molecule has 1 aliphatic heterocycles. The van der Waals surface area contributed by atoms with Gasteiger partial charge in [0.25, 0.3) is 0 Å². The van der Waals surface area contributed by atoms with Crippen molar-refractivity contribution in [1.82, 2.24) is 24.8 Å². The van der Waals surface area contributed by atoms with Crippen molar-refractivity contribution in [3.63, 3.8) is 0 Å². The topological polar surface area (TPSA) is 174 Å². The molecule has 5 atom stereocenters. The minimum atomic E-state index is -1.14. The van der Waals surface area contributed by atoms with Crippen molar-refractivity contribution in [3.05, 3.63) is 12.7 Å². The Bertz CT molecular complexity index is 798. The molecule has 11 nitrogen and oxygen atoms in total. The van der Waals surface area contributed by atoms with Crippen LogP contribution in [0.3, 0.4) is 0 Å². The number of fused-ring (bicyclic) bond motifs is 1. The lowest BCUT2D eigenvalue weighted by Gasteiger charge is -2.22. The molecule has 0 radical (unpaired) electrons. The first-order chi connectivity index (χ1) is 13.0. The average molecular weight is 379 g/mol. The van der Waals surface area contributed by atoms with Gasteiger partial charge in [0.1, 0.15) is 24.1 Å². The zero-order chi connectivity index (χ0) is 19.6. The van der Waals surface area contributed by atoms with Gasteiger partial charge in [-0.15, -0.1) is 0 Å². The van der Waals surface area contributed by atoms with Crippen molar-refractivity contribution >= 4 is 22.9 Å². The molecule has 1 amide bonds. The van der Waals surface area contributed by atoms with E-state index in [-0.39, 0.29) is 12.4 Å². The third kappa shape index (κ3) is 3.72. The van der Waals surface area contributed by atoms with E-state index in [9.17, 15) is 15.0 Å². The second kappa shape index (κ2) is 8.13. The lowest BCUT2D eigenvalue weighted by molar-refractivity contribution is -0.124. The van der Waals surface area contributed by atoms with E-state index < -0.39 is 36.4 Å². The number of aromatic nitrogens is 4. The van der Waals surface area contributed by atoms with E-state index in [0.717, 1.165) is 12.8 Å². The van der Waals surface area contributed by atoms with Crippen LogP contribution in [0.15, 0.2) is 12.7 Å². The van der Waals surface area contributed by atoms with Crippen LogP contribution >= 0.6 is 0 Å². The molecule has 27 heavy (non-hydrogen) atoms. The molecule has 1 aliphatic rings. The number of nitrogens with two attached hydrogens (primary N) is 2. The van der Waals surface area contributed by atoms with Crippen molar-refractivity contribution in [3.8, 4) is 0 Å². The number of unbranched alkanes of at least 4 members (excludes halogenated alkanes) is 1. The van der Waals surface area contributed by atoms with Gasteiger partial charge in [-0.25, -0.2) is 15.0 Å². The Morgan fingerprint density at radius 3 is 2.93 bits per heavy atom. The van der Waals surface area contributed by atoms with Gasteiger partial charge in [-0.1, -0.05) is 19.8 Å². The molecule has 2 unspecified atom stereocenters. The lowest BCUT2D eigenvalue weighted by atomic mass is 10.1. The first kappa shape index (κ1) is 19.4. The number of carbonyl (C=O) groups is 1. The number of aliphatic hydroxyl groups is 2. The third-order valence-electron chi connectivity index (χ3n) is 4.73. The Balaban J connectivity index is 1.79. The number of nitrogens with zero attached hydrogens (tertiary/aromatic N) is 4. The van der Waals surface area contributed by atoms with Crippen molar-refractivity contribution in [1.29, 1.82) is 0 Å². The van der Waals surface area contributed by atoms with Gasteiger partial charge in [0.15, 0.2) is 17.7 Å². The normalized spacial score (nSPS) is 26.4. The molecule has 3 heterocycles. The van der Waals surface area contributed by atoms with E-state index in [1.54, 1.807) is 0 Å². The van der Waals surface area contributed by atoms with Gasteiger partial charge in [0.2, 0.25) is 5.91 Å². The summed E-state index contributed by atoms with van der Waals surface area (Å²) in [4.78, 5) is 24.5. The predicted octanol–water partition coefficient (Wildman–Crippen LogP) is -1.34. The van der Waals surface area contributed by atoms with Gasteiger partial charge in [-0.2, -0.15) is 0 Å². The van der Waals surface area contributed by atoms with Crippen LogP contribution in [0.2, 0.25) is 0 Å². The van der Waals surface area contributed by atoms with Crippen LogP contribution < -0.4 is 16.8 Å². The third-order valence-corrected chi connectivity index (χ3v) is 4.73. The SMILES string of the molecule is CCCCC(N)C(=O)NC1[C@@H](CO)O[C@@H](n2cnc3c(N)ncnc32)[C@H]1O. The average Bonchev–Trinajstić information content (AvgIpc) is 3.22. The molecular weight excluding hydrogens is 354 g/mol. The Morgan fingerprint density at radius 1 is 1.44 bits per heavy atom. The van der Waals surface area contributed by atoms with Crippen molar-refractivity contribution in [2.75, 3.05) is 12.3 Å². The summed E-state index contributed by atoms with van der Waals surface area (Å²) >= 11 is 0. The van der Waals surface area contributed by atoms with Crippen molar-refractivity contribution in [2.24, 2.45) is 5.73 Å². The molecule has 3 rings (SSSR count). The summed E-state index contributed by atoms with van der Waals surface area (Å²) in [5.74, 6) is -0.186. The molecule has 1 fully saturated rings. The van der Waals surface area contributed by atoms with Crippen LogP contribution in [0, 0.1) is 0 Å². The number of anilines is 1. The maximum atomic E-state index is 12.3. The minimum Gasteiger partial charge on any atom is -0.394 e. The molecule has 1 saturated heterocycles. The zero-order valence-corrected chi connectivity index (χ0v) is 15.0. The fraction of sp³-hybridized carbons (Fsp3) is 0.625. The molecular formula is C16H25N7O4. The van der Waals surface area contributed by atoms with Gasteiger partial charge in [0, 0.05) is 0 Å². The van der Waals surface area contributed by atoms with Gasteiger partial charge in [0.05, 0.1) is 25.0 Å². The molecule has 2 aromatic heterocycles. The van der Waals surface area contributed by atoms with E-state index >= 15 is 0 Å². The van der Waals surface area contributed by atoms with E-state index in [2.05, 4.69) is 20.3 Å². The van der Waals surface area contributed by atoms with Crippen molar-refractivity contribution < 1.29 is 19.7 Å². The molecule has 148 valence electrons. The molecule has 0 saturated carbocycles. The summed E-state index contributed by atoms with van der Waals surface area (Å²) in [6.07, 6.45) is 2.16. The van der Waals surface area contributed by atoms with Crippen LogP contribution in [-0.2, 0) is 9.53 Å². The van der Waals surface area contributed by atoms with Crippen molar-refractivity contribution in [2.45, 2.75) is 56.7 Å². The number of nitrogen functional groups attached to an aromatic ring is 1. The molecule has 0 bridgehead atoms. The smallest absolute Gasteiger partial charge is 0.237 e. The van der Waals surface area contributed by atoms with Crippen LogP contribution in [0.25, 0.3) is 11.2 Å². The van der Waals surface area contributed by atoms with Gasteiger partial charge in [-0.05, 0) is 6.42 Å². The van der Waals surface area contributed by atoms with Crippen LogP contribution in [0.1, 0.15) is 32.4 Å². The largest absolute Gasteiger partial charge is 0.394 e. The van der Waals surface area contributed by atoms with Gasteiger partial charge >= 0.3 is 0 Å². The van der Waals surface area contributed by atoms with E-state index in [4.69, 9.17) is 16.2 Å². The number of imidazole rings is 1. The number of nitrogens with one attached hydrogen (secondary N) is 1. The molecule has 0 aromatic carbocycles. The molecule has 11 heteroatoms. The second-order valence-corrected chi connectivity index (χ2v) is 6.60. The number of aliphatic hydroxyl groups excluding tert-OH is 2. The highest BCUT2D eigenvalue weighted by molar-refractivity contribution is 5.82. The number of hydrogen-bond donors (Lipinski definition) is 5. The summed E-state index contributed by atoms with van der Waals surface area (Å²) in [7, 11) is 0. The monoisotopic (exact) mass is 379 g/mol. The summed E-state index contributed by atoms with van der Waals surface area (Å²) in [5.41, 5.74) is 12.4. The Morgan fingerprint density at radius 2 is 2.22 bits per heavy atom.